The number of nitro benzene ring substituents is 1. The highest BCUT2D eigenvalue weighted by molar-refractivity contribution is 5.99. The standard InChI is InChI=1S/C17H22N4O4/c1-11(2)17(3,23)10-18-16(22)14-9-20(4)19-15(14)12-5-7-13(8-6-12)21(24)25/h5-9,11,23H,10H2,1-4H3,(H,18,22). The Kier molecular flexibility index (Phi) is 5.22. The first-order valence-electron chi connectivity index (χ1n) is 7.91. The van der Waals surface area contributed by atoms with Crippen LogP contribution in [0.25, 0.3) is 11.3 Å². The van der Waals surface area contributed by atoms with Gasteiger partial charge in [0.15, 0.2) is 0 Å². The smallest absolute Gasteiger partial charge is 0.269 e. The Hall–Kier alpha value is -2.74. The highest BCUT2D eigenvalue weighted by Gasteiger charge is 2.26. The molecule has 2 N–H and O–H groups in total. The molecule has 1 amide bonds. The number of nitrogens with one attached hydrogen (secondary N) is 1. The number of carbonyl (C=O) groups excluding carboxylic acids is 1. The molecule has 8 heteroatoms. The third-order valence-corrected chi connectivity index (χ3v) is 4.28. The summed E-state index contributed by atoms with van der Waals surface area (Å²) >= 11 is 0. The Morgan fingerprint density at radius 3 is 2.52 bits per heavy atom. The van der Waals surface area contributed by atoms with Crippen molar-refractivity contribution in [2.24, 2.45) is 13.0 Å². The van der Waals surface area contributed by atoms with Gasteiger partial charge in [0, 0.05) is 37.5 Å². The van der Waals surface area contributed by atoms with Gasteiger partial charge in [-0.1, -0.05) is 13.8 Å². The van der Waals surface area contributed by atoms with Crippen molar-refractivity contribution < 1.29 is 14.8 Å². The van der Waals surface area contributed by atoms with Crippen LogP contribution in [0.15, 0.2) is 30.5 Å². The van der Waals surface area contributed by atoms with Crippen LogP contribution in [0.2, 0.25) is 0 Å². The number of hydrogen-bond donors (Lipinski definition) is 2. The van der Waals surface area contributed by atoms with E-state index in [1.165, 1.54) is 16.8 Å². The summed E-state index contributed by atoms with van der Waals surface area (Å²) in [6.07, 6.45) is 1.58. The van der Waals surface area contributed by atoms with Crippen molar-refractivity contribution in [1.82, 2.24) is 15.1 Å². The van der Waals surface area contributed by atoms with Crippen LogP contribution in [0.4, 0.5) is 5.69 Å². The molecule has 1 heterocycles. The maximum absolute atomic E-state index is 12.5. The van der Waals surface area contributed by atoms with E-state index < -0.39 is 10.5 Å². The summed E-state index contributed by atoms with van der Waals surface area (Å²) in [5.74, 6) is -0.377. The van der Waals surface area contributed by atoms with Crippen LogP contribution >= 0.6 is 0 Å². The Balaban J connectivity index is 2.25. The fourth-order valence-electron chi connectivity index (χ4n) is 2.17. The van der Waals surface area contributed by atoms with Gasteiger partial charge in [-0.2, -0.15) is 5.10 Å². The molecule has 0 radical (unpaired) electrons. The molecule has 1 aromatic carbocycles. The molecule has 0 saturated carbocycles. The number of benzene rings is 1. The van der Waals surface area contributed by atoms with E-state index in [0.29, 0.717) is 16.8 Å². The van der Waals surface area contributed by atoms with Crippen molar-refractivity contribution in [3.8, 4) is 11.3 Å². The summed E-state index contributed by atoms with van der Waals surface area (Å²) in [4.78, 5) is 22.8. The summed E-state index contributed by atoms with van der Waals surface area (Å²) in [7, 11) is 1.69. The number of amides is 1. The minimum atomic E-state index is -1.02. The molecule has 2 aromatic rings. The van der Waals surface area contributed by atoms with Crippen molar-refractivity contribution in [3.63, 3.8) is 0 Å². The summed E-state index contributed by atoms with van der Waals surface area (Å²) in [6.45, 7) is 5.52. The number of nitrogens with zero attached hydrogens (tertiary/aromatic N) is 3. The number of aryl methyl sites for hydroxylation is 1. The minimum absolute atomic E-state index is 0.0177. The molecule has 1 aromatic heterocycles. The zero-order valence-electron chi connectivity index (χ0n) is 14.7. The molecule has 0 aliphatic carbocycles. The molecule has 25 heavy (non-hydrogen) atoms. The van der Waals surface area contributed by atoms with Gasteiger partial charge in [0.05, 0.1) is 16.1 Å². The summed E-state index contributed by atoms with van der Waals surface area (Å²) in [6, 6.07) is 5.85. The maximum Gasteiger partial charge on any atom is 0.269 e. The lowest BCUT2D eigenvalue weighted by atomic mass is 9.92. The molecule has 1 atom stereocenters. The summed E-state index contributed by atoms with van der Waals surface area (Å²) < 4.78 is 1.51. The van der Waals surface area contributed by atoms with Gasteiger partial charge in [-0.3, -0.25) is 19.6 Å². The predicted molar refractivity (Wildman–Crippen MR) is 93.1 cm³/mol. The van der Waals surface area contributed by atoms with Crippen LogP contribution in [0.1, 0.15) is 31.1 Å². The second kappa shape index (κ2) is 7.02. The first-order chi connectivity index (χ1) is 11.6. The van der Waals surface area contributed by atoms with Crippen LogP contribution in [0, 0.1) is 16.0 Å². The van der Waals surface area contributed by atoms with E-state index in [1.54, 1.807) is 32.3 Å². The van der Waals surface area contributed by atoms with Gasteiger partial charge in [0.25, 0.3) is 11.6 Å². The maximum atomic E-state index is 12.5. The van der Waals surface area contributed by atoms with Crippen LogP contribution in [-0.4, -0.2) is 37.9 Å². The number of aliphatic hydroxyl groups is 1. The fourth-order valence-corrected chi connectivity index (χ4v) is 2.17. The van der Waals surface area contributed by atoms with E-state index in [4.69, 9.17) is 0 Å². The molecular weight excluding hydrogens is 324 g/mol. The van der Waals surface area contributed by atoms with Gasteiger partial charge in [0.1, 0.15) is 5.69 Å². The molecule has 1 unspecified atom stereocenters. The molecule has 0 saturated heterocycles. The number of aromatic nitrogens is 2. The first kappa shape index (κ1) is 18.6. The highest BCUT2D eigenvalue weighted by Crippen LogP contribution is 2.24. The van der Waals surface area contributed by atoms with Gasteiger partial charge in [-0.15, -0.1) is 0 Å². The molecule has 0 spiro atoms. The number of hydrogen-bond acceptors (Lipinski definition) is 5. The van der Waals surface area contributed by atoms with Gasteiger partial charge < -0.3 is 10.4 Å². The zero-order chi connectivity index (χ0) is 18.8. The van der Waals surface area contributed by atoms with Crippen LogP contribution < -0.4 is 5.32 Å². The van der Waals surface area contributed by atoms with Crippen molar-refractivity contribution in [1.29, 1.82) is 0 Å². The monoisotopic (exact) mass is 346 g/mol. The second-order valence-corrected chi connectivity index (χ2v) is 6.56. The Bertz CT molecular complexity index is 778. The van der Waals surface area contributed by atoms with E-state index in [-0.39, 0.29) is 24.1 Å². The third-order valence-electron chi connectivity index (χ3n) is 4.28. The van der Waals surface area contributed by atoms with E-state index in [0.717, 1.165) is 0 Å². The molecule has 0 aliphatic heterocycles. The topological polar surface area (TPSA) is 110 Å². The quantitative estimate of drug-likeness (QED) is 0.615. The van der Waals surface area contributed by atoms with Crippen LogP contribution in [-0.2, 0) is 7.05 Å². The van der Waals surface area contributed by atoms with Gasteiger partial charge in [0.2, 0.25) is 0 Å². The SMILES string of the molecule is CC(C)C(C)(O)CNC(=O)c1cn(C)nc1-c1ccc([N+](=O)[O-])cc1. The lowest BCUT2D eigenvalue weighted by molar-refractivity contribution is -0.384. The molecule has 0 bridgehead atoms. The Morgan fingerprint density at radius 2 is 2.00 bits per heavy atom. The fraction of sp³-hybridized carbons (Fsp3) is 0.412. The molecule has 2 rings (SSSR count). The van der Waals surface area contributed by atoms with Crippen molar-refractivity contribution >= 4 is 11.6 Å². The number of non-ortho nitro benzene ring substituents is 1. The average molecular weight is 346 g/mol. The largest absolute Gasteiger partial charge is 0.388 e. The van der Waals surface area contributed by atoms with Gasteiger partial charge in [-0.25, -0.2) is 0 Å². The van der Waals surface area contributed by atoms with Crippen LogP contribution in [0.3, 0.4) is 0 Å². The molecule has 134 valence electrons. The molecule has 0 fully saturated rings. The van der Waals surface area contributed by atoms with Crippen molar-refractivity contribution in [2.45, 2.75) is 26.4 Å². The minimum Gasteiger partial charge on any atom is -0.388 e. The second-order valence-electron chi connectivity index (χ2n) is 6.56. The number of rotatable bonds is 6. The average Bonchev–Trinajstić information content (AvgIpc) is 2.94. The predicted octanol–water partition coefficient (Wildman–Crippen LogP) is 2.13. The summed E-state index contributed by atoms with van der Waals surface area (Å²) in [5.41, 5.74) is 0.325. The number of nitro groups is 1. The lowest BCUT2D eigenvalue weighted by Gasteiger charge is -2.27. The van der Waals surface area contributed by atoms with E-state index in [2.05, 4.69) is 10.4 Å². The first-order valence-corrected chi connectivity index (χ1v) is 7.91. The van der Waals surface area contributed by atoms with Crippen LogP contribution in [0.5, 0.6) is 0 Å². The van der Waals surface area contributed by atoms with E-state index in [9.17, 15) is 20.0 Å². The lowest BCUT2D eigenvalue weighted by Crippen LogP contribution is -2.44. The molecular formula is C17H22N4O4. The normalized spacial score (nSPS) is 13.5. The van der Waals surface area contributed by atoms with E-state index in [1.807, 2.05) is 13.8 Å². The summed E-state index contributed by atoms with van der Waals surface area (Å²) in [5, 5.41) is 28.0. The van der Waals surface area contributed by atoms with Crippen molar-refractivity contribution in [2.75, 3.05) is 6.54 Å². The van der Waals surface area contributed by atoms with Crippen molar-refractivity contribution in [3.05, 3.63) is 46.1 Å². The zero-order valence-corrected chi connectivity index (χ0v) is 14.7. The Labute approximate surface area is 145 Å². The van der Waals surface area contributed by atoms with Gasteiger partial charge in [-0.05, 0) is 25.0 Å². The number of carbonyl (C=O) groups is 1. The molecule has 8 nitrogen and oxygen atoms in total. The third kappa shape index (κ3) is 4.21. The Morgan fingerprint density at radius 1 is 1.40 bits per heavy atom. The van der Waals surface area contributed by atoms with E-state index >= 15 is 0 Å². The highest BCUT2D eigenvalue weighted by atomic mass is 16.6. The molecule has 0 aliphatic rings. The van der Waals surface area contributed by atoms with Gasteiger partial charge >= 0.3 is 0 Å².